The molecule has 0 radical (unpaired) electrons. The summed E-state index contributed by atoms with van der Waals surface area (Å²) in [6.45, 7) is 7.08. The van der Waals surface area contributed by atoms with Crippen LogP contribution in [0.5, 0.6) is 5.75 Å². The molecule has 7 nitrogen and oxygen atoms in total. The summed E-state index contributed by atoms with van der Waals surface area (Å²) in [5.41, 5.74) is 1.16. The Morgan fingerprint density at radius 2 is 1.79 bits per heavy atom. The van der Waals surface area contributed by atoms with Gasteiger partial charge in [0.25, 0.3) is 0 Å². The van der Waals surface area contributed by atoms with Gasteiger partial charge in [-0.1, -0.05) is 12.1 Å². The molecule has 2 aromatic carbocycles. The highest BCUT2D eigenvalue weighted by atomic mass is 32.2. The summed E-state index contributed by atoms with van der Waals surface area (Å²) in [5.74, 6) is -0.461. The van der Waals surface area contributed by atoms with E-state index in [1.54, 1.807) is 53.0 Å². The smallest absolute Gasteiger partial charge is 0.338 e. The first-order valence-corrected chi connectivity index (χ1v) is 11.6. The van der Waals surface area contributed by atoms with Crippen LogP contribution in [0.15, 0.2) is 47.4 Å². The number of esters is 2. The first kappa shape index (κ1) is 24.6. The number of hydrogen-bond donors (Lipinski definition) is 0. The maximum absolute atomic E-state index is 13.4. The zero-order chi connectivity index (χ0) is 24.2. The van der Waals surface area contributed by atoms with Crippen LogP contribution in [0.3, 0.4) is 0 Å². The molecule has 2 aromatic rings. The lowest BCUT2D eigenvalue weighted by molar-refractivity contribution is -0.142. The van der Waals surface area contributed by atoms with Crippen LogP contribution in [0.4, 0.5) is 5.69 Å². The van der Waals surface area contributed by atoms with Gasteiger partial charge in [-0.15, -0.1) is 11.8 Å². The van der Waals surface area contributed by atoms with Crippen molar-refractivity contribution in [2.45, 2.75) is 49.9 Å². The number of methoxy groups -OCH3 is 1. The molecule has 1 unspecified atom stereocenters. The molecule has 1 aliphatic rings. The normalized spacial score (nSPS) is 15.6. The standard InChI is InChI=1S/C25H29NO6S/c1-6-31-22(27)15-26-19-14-17(24(29)32-25(2,3)4)9-12-20(19)33-21(23(26)28)13-16-7-10-18(30-5)11-8-16/h7-12,14,21H,6,13,15H2,1-5H3. The number of nitrogens with zero attached hydrogens (tertiary/aromatic N) is 1. The predicted octanol–water partition coefficient (Wildman–Crippen LogP) is 4.26. The van der Waals surface area contributed by atoms with Gasteiger partial charge in [0.05, 0.1) is 30.2 Å². The number of amides is 1. The Bertz CT molecular complexity index is 1030. The molecule has 0 bridgehead atoms. The van der Waals surface area contributed by atoms with Gasteiger partial charge < -0.3 is 14.2 Å². The second-order valence-electron chi connectivity index (χ2n) is 8.57. The molecule has 1 heterocycles. The molecule has 8 heteroatoms. The molecule has 1 atom stereocenters. The molecule has 3 rings (SSSR count). The molecular weight excluding hydrogens is 442 g/mol. The zero-order valence-electron chi connectivity index (χ0n) is 19.5. The van der Waals surface area contributed by atoms with E-state index in [1.165, 1.54) is 16.7 Å². The van der Waals surface area contributed by atoms with Crippen LogP contribution in [-0.4, -0.2) is 49.0 Å². The van der Waals surface area contributed by atoms with Crippen molar-refractivity contribution in [3.8, 4) is 5.75 Å². The minimum atomic E-state index is -0.647. The van der Waals surface area contributed by atoms with E-state index in [1.807, 2.05) is 24.3 Å². The van der Waals surface area contributed by atoms with Crippen molar-refractivity contribution in [1.29, 1.82) is 0 Å². The first-order chi connectivity index (χ1) is 15.6. The van der Waals surface area contributed by atoms with E-state index in [-0.39, 0.29) is 19.1 Å². The van der Waals surface area contributed by atoms with Crippen LogP contribution in [0.2, 0.25) is 0 Å². The van der Waals surface area contributed by atoms with Gasteiger partial charge in [0.2, 0.25) is 5.91 Å². The van der Waals surface area contributed by atoms with E-state index in [9.17, 15) is 14.4 Å². The molecule has 176 valence electrons. The molecule has 1 amide bonds. The zero-order valence-corrected chi connectivity index (χ0v) is 20.4. The number of benzene rings is 2. The Hall–Kier alpha value is -3.00. The Morgan fingerprint density at radius 3 is 2.39 bits per heavy atom. The molecule has 0 fully saturated rings. The summed E-state index contributed by atoms with van der Waals surface area (Å²) in [6.07, 6.45) is 0.486. The van der Waals surface area contributed by atoms with E-state index in [2.05, 4.69) is 0 Å². The van der Waals surface area contributed by atoms with E-state index in [4.69, 9.17) is 14.2 Å². The number of ether oxygens (including phenoxy) is 3. The lowest BCUT2D eigenvalue weighted by atomic mass is 10.1. The van der Waals surface area contributed by atoms with Crippen molar-refractivity contribution in [2.24, 2.45) is 0 Å². The highest BCUT2D eigenvalue weighted by molar-refractivity contribution is 8.01. The third-order valence-electron chi connectivity index (χ3n) is 4.87. The van der Waals surface area contributed by atoms with Gasteiger partial charge in [0, 0.05) is 4.90 Å². The van der Waals surface area contributed by atoms with Crippen molar-refractivity contribution >= 4 is 35.3 Å². The van der Waals surface area contributed by atoms with Crippen LogP contribution < -0.4 is 9.64 Å². The fourth-order valence-corrected chi connectivity index (χ4v) is 4.64. The van der Waals surface area contributed by atoms with Crippen LogP contribution >= 0.6 is 11.8 Å². The largest absolute Gasteiger partial charge is 0.497 e. The Balaban J connectivity index is 1.92. The molecule has 0 aliphatic carbocycles. The molecule has 1 aliphatic heterocycles. The summed E-state index contributed by atoms with van der Waals surface area (Å²) in [4.78, 5) is 40.5. The van der Waals surface area contributed by atoms with Gasteiger partial charge in [-0.3, -0.25) is 14.5 Å². The Labute approximate surface area is 198 Å². The average Bonchev–Trinajstić information content (AvgIpc) is 2.76. The molecule has 0 aromatic heterocycles. The highest BCUT2D eigenvalue weighted by Gasteiger charge is 2.36. The fraction of sp³-hybridized carbons (Fsp3) is 0.400. The fourth-order valence-electron chi connectivity index (χ4n) is 3.39. The summed E-state index contributed by atoms with van der Waals surface area (Å²) < 4.78 is 15.8. The van der Waals surface area contributed by atoms with Crippen LogP contribution in [0.1, 0.15) is 43.6 Å². The summed E-state index contributed by atoms with van der Waals surface area (Å²) >= 11 is 1.42. The quantitative estimate of drug-likeness (QED) is 0.558. The first-order valence-electron chi connectivity index (χ1n) is 10.7. The molecule has 0 saturated heterocycles. The number of carbonyl (C=O) groups is 3. The van der Waals surface area contributed by atoms with Gasteiger partial charge in [-0.2, -0.15) is 0 Å². The molecule has 0 saturated carbocycles. The van der Waals surface area contributed by atoms with E-state index >= 15 is 0 Å². The number of anilines is 1. The van der Waals surface area contributed by atoms with Crippen LogP contribution in [0.25, 0.3) is 0 Å². The molecular formula is C25H29NO6S. The highest BCUT2D eigenvalue weighted by Crippen LogP contribution is 2.41. The maximum Gasteiger partial charge on any atom is 0.338 e. The molecule has 0 spiro atoms. The van der Waals surface area contributed by atoms with Gasteiger partial charge in [0.1, 0.15) is 17.9 Å². The molecule has 0 N–H and O–H groups in total. The second kappa shape index (κ2) is 10.3. The average molecular weight is 472 g/mol. The SMILES string of the molecule is CCOC(=O)CN1C(=O)C(Cc2ccc(OC)cc2)Sc2ccc(C(=O)OC(C)(C)C)cc21. The number of fused-ring (bicyclic) bond motifs is 1. The minimum Gasteiger partial charge on any atom is -0.497 e. The van der Waals surface area contributed by atoms with Crippen LogP contribution in [-0.2, 0) is 25.5 Å². The van der Waals surface area contributed by atoms with Crippen molar-refractivity contribution < 1.29 is 28.6 Å². The van der Waals surface area contributed by atoms with Gasteiger partial charge in [0.15, 0.2) is 0 Å². The van der Waals surface area contributed by atoms with Crippen molar-refractivity contribution in [2.75, 3.05) is 25.2 Å². The van der Waals surface area contributed by atoms with E-state index in [0.29, 0.717) is 17.7 Å². The minimum absolute atomic E-state index is 0.210. The lowest BCUT2D eigenvalue weighted by Gasteiger charge is -2.33. The Kier molecular flexibility index (Phi) is 7.68. The van der Waals surface area contributed by atoms with Crippen molar-refractivity contribution in [3.63, 3.8) is 0 Å². The van der Waals surface area contributed by atoms with Crippen molar-refractivity contribution in [3.05, 3.63) is 53.6 Å². The van der Waals surface area contributed by atoms with E-state index < -0.39 is 22.8 Å². The third kappa shape index (κ3) is 6.28. The topological polar surface area (TPSA) is 82.1 Å². The molecule has 33 heavy (non-hydrogen) atoms. The monoisotopic (exact) mass is 471 g/mol. The number of thioether (sulfide) groups is 1. The van der Waals surface area contributed by atoms with Gasteiger partial charge in [-0.25, -0.2) is 4.79 Å². The number of hydrogen-bond acceptors (Lipinski definition) is 7. The maximum atomic E-state index is 13.4. The summed E-state index contributed by atoms with van der Waals surface area (Å²) in [7, 11) is 1.60. The summed E-state index contributed by atoms with van der Waals surface area (Å²) in [5, 5.41) is -0.423. The van der Waals surface area contributed by atoms with Crippen LogP contribution in [0, 0.1) is 0 Å². The van der Waals surface area contributed by atoms with Gasteiger partial charge >= 0.3 is 11.9 Å². The Morgan fingerprint density at radius 1 is 1.09 bits per heavy atom. The summed E-state index contributed by atoms with van der Waals surface area (Å²) in [6, 6.07) is 12.6. The number of rotatable bonds is 7. The van der Waals surface area contributed by atoms with E-state index in [0.717, 1.165) is 16.2 Å². The number of carbonyl (C=O) groups excluding carboxylic acids is 3. The second-order valence-corrected chi connectivity index (χ2v) is 9.82. The predicted molar refractivity (Wildman–Crippen MR) is 127 cm³/mol. The van der Waals surface area contributed by atoms with Gasteiger partial charge in [-0.05, 0) is 70.0 Å². The lowest BCUT2D eigenvalue weighted by Crippen LogP contribution is -2.45. The third-order valence-corrected chi connectivity index (χ3v) is 6.12. The van der Waals surface area contributed by atoms with Crippen molar-refractivity contribution in [1.82, 2.24) is 0 Å².